The molecule has 1 aromatic heterocycles. The van der Waals surface area contributed by atoms with Crippen molar-refractivity contribution in [2.75, 3.05) is 12.4 Å². The molecule has 0 aliphatic carbocycles. The first-order valence-electron chi connectivity index (χ1n) is 5.81. The number of nitrogens with one attached hydrogen (secondary N) is 1. The Bertz CT molecular complexity index is 529. The molecule has 0 spiro atoms. The van der Waals surface area contributed by atoms with E-state index in [1.807, 2.05) is 7.05 Å². The minimum Gasteiger partial charge on any atom is -0.365 e. The Labute approximate surface area is 107 Å². The summed E-state index contributed by atoms with van der Waals surface area (Å²) >= 11 is 1.75. The first kappa shape index (κ1) is 12.1. The molecule has 0 unspecified atom stereocenters. The van der Waals surface area contributed by atoms with Crippen LogP contribution in [0.4, 0.5) is 5.13 Å². The van der Waals surface area contributed by atoms with Crippen LogP contribution in [0.1, 0.15) is 27.3 Å². The van der Waals surface area contributed by atoms with Gasteiger partial charge in [-0.05, 0) is 37.5 Å². The fourth-order valence-electron chi connectivity index (χ4n) is 1.88. The van der Waals surface area contributed by atoms with E-state index in [-0.39, 0.29) is 0 Å². The normalized spacial score (nSPS) is 10.6. The Kier molecular flexibility index (Phi) is 3.48. The first-order valence-corrected chi connectivity index (χ1v) is 6.62. The fourth-order valence-corrected chi connectivity index (χ4v) is 2.81. The minimum absolute atomic E-state index is 0.985. The maximum atomic E-state index is 4.48. The third-order valence-corrected chi connectivity index (χ3v) is 4.35. The second-order valence-electron chi connectivity index (χ2n) is 4.31. The maximum Gasteiger partial charge on any atom is 0.182 e. The molecule has 0 atom stereocenters. The predicted octanol–water partition coefficient (Wildman–Crippen LogP) is 3.70. The zero-order chi connectivity index (χ0) is 12.4. The highest BCUT2D eigenvalue weighted by Crippen LogP contribution is 2.26. The van der Waals surface area contributed by atoms with Gasteiger partial charge in [-0.15, -0.1) is 11.3 Å². The number of thiazole rings is 1. The van der Waals surface area contributed by atoms with Crippen molar-refractivity contribution in [1.82, 2.24) is 4.98 Å². The molecule has 0 saturated heterocycles. The van der Waals surface area contributed by atoms with Gasteiger partial charge in [0.05, 0.1) is 5.69 Å². The minimum atomic E-state index is 0.985. The predicted molar refractivity (Wildman–Crippen MR) is 75.1 cm³/mol. The van der Waals surface area contributed by atoms with Gasteiger partial charge in [0, 0.05) is 18.3 Å². The molecule has 2 nitrogen and oxygen atoms in total. The van der Waals surface area contributed by atoms with Crippen molar-refractivity contribution in [3.05, 3.63) is 45.5 Å². The van der Waals surface area contributed by atoms with Gasteiger partial charge in [-0.3, -0.25) is 0 Å². The van der Waals surface area contributed by atoms with Gasteiger partial charge >= 0.3 is 0 Å². The number of nitrogens with zero attached hydrogens (tertiary/aromatic N) is 1. The highest BCUT2D eigenvalue weighted by molar-refractivity contribution is 7.15. The monoisotopic (exact) mass is 246 g/mol. The van der Waals surface area contributed by atoms with Gasteiger partial charge in [-0.2, -0.15) is 0 Å². The van der Waals surface area contributed by atoms with Gasteiger partial charge in [0.25, 0.3) is 0 Å². The smallest absolute Gasteiger partial charge is 0.182 e. The van der Waals surface area contributed by atoms with E-state index in [1.54, 1.807) is 11.3 Å². The maximum absolute atomic E-state index is 4.48. The van der Waals surface area contributed by atoms with Crippen LogP contribution in [0.3, 0.4) is 0 Å². The molecule has 17 heavy (non-hydrogen) atoms. The van der Waals surface area contributed by atoms with Gasteiger partial charge in [0.1, 0.15) is 0 Å². The van der Waals surface area contributed by atoms with Gasteiger partial charge in [-0.25, -0.2) is 4.98 Å². The molecule has 0 fully saturated rings. The molecule has 90 valence electrons. The van der Waals surface area contributed by atoms with Crippen LogP contribution < -0.4 is 5.32 Å². The van der Waals surface area contributed by atoms with Crippen molar-refractivity contribution >= 4 is 16.5 Å². The van der Waals surface area contributed by atoms with Crippen molar-refractivity contribution in [2.24, 2.45) is 0 Å². The average molecular weight is 246 g/mol. The van der Waals surface area contributed by atoms with E-state index in [0.717, 1.165) is 17.2 Å². The molecule has 2 rings (SSSR count). The van der Waals surface area contributed by atoms with Crippen LogP contribution in [0, 0.1) is 20.8 Å². The van der Waals surface area contributed by atoms with Crippen LogP contribution in [0.2, 0.25) is 0 Å². The third-order valence-electron chi connectivity index (χ3n) is 3.17. The molecule has 0 bridgehead atoms. The summed E-state index contributed by atoms with van der Waals surface area (Å²) in [5.74, 6) is 0. The first-order chi connectivity index (χ1) is 8.11. The van der Waals surface area contributed by atoms with Crippen LogP contribution in [-0.2, 0) is 6.42 Å². The number of aromatic nitrogens is 1. The molecular weight excluding hydrogens is 228 g/mol. The van der Waals surface area contributed by atoms with Gasteiger partial charge < -0.3 is 5.32 Å². The topological polar surface area (TPSA) is 24.9 Å². The number of hydrogen-bond donors (Lipinski definition) is 1. The standard InChI is InChI=1S/C14H18N2S/c1-9-6-5-7-12(10(9)2)8-13-11(3)16-14(15-4)17-13/h5-7H,8H2,1-4H3,(H,15,16). The highest BCUT2D eigenvalue weighted by atomic mass is 32.1. The Morgan fingerprint density at radius 1 is 1.24 bits per heavy atom. The Morgan fingerprint density at radius 3 is 2.65 bits per heavy atom. The molecule has 0 aliphatic heterocycles. The summed E-state index contributed by atoms with van der Waals surface area (Å²) in [5, 5.41) is 4.11. The number of anilines is 1. The lowest BCUT2D eigenvalue weighted by molar-refractivity contribution is 1.12. The Hall–Kier alpha value is -1.35. The van der Waals surface area contributed by atoms with E-state index in [0.29, 0.717) is 0 Å². The highest BCUT2D eigenvalue weighted by Gasteiger charge is 2.09. The van der Waals surface area contributed by atoms with Crippen LogP contribution in [-0.4, -0.2) is 12.0 Å². The lowest BCUT2D eigenvalue weighted by atomic mass is 10.0. The molecule has 0 amide bonds. The van der Waals surface area contributed by atoms with Gasteiger partial charge in [-0.1, -0.05) is 18.2 Å². The number of benzene rings is 1. The van der Waals surface area contributed by atoms with Gasteiger partial charge in [0.2, 0.25) is 0 Å². The van der Waals surface area contributed by atoms with E-state index in [2.05, 4.69) is 49.3 Å². The van der Waals surface area contributed by atoms with Crippen LogP contribution in [0.15, 0.2) is 18.2 Å². The van der Waals surface area contributed by atoms with Crippen LogP contribution >= 0.6 is 11.3 Å². The van der Waals surface area contributed by atoms with Crippen molar-refractivity contribution in [3.8, 4) is 0 Å². The molecule has 1 heterocycles. The molecule has 0 aliphatic rings. The van der Waals surface area contributed by atoms with E-state index < -0.39 is 0 Å². The Morgan fingerprint density at radius 2 is 2.00 bits per heavy atom. The number of aryl methyl sites for hydroxylation is 2. The van der Waals surface area contributed by atoms with Crippen molar-refractivity contribution in [3.63, 3.8) is 0 Å². The molecular formula is C14H18N2S. The number of rotatable bonds is 3. The van der Waals surface area contributed by atoms with E-state index in [9.17, 15) is 0 Å². The van der Waals surface area contributed by atoms with E-state index in [4.69, 9.17) is 0 Å². The molecule has 3 heteroatoms. The summed E-state index contributed by atoms with van der Waals surface area (Å²) in [5.41, 5.74) is 5.30. The molecule has 1 N–H and O–H groups in total. The summed E-state index contributed by atoms with van der Waals surface area (Å²) in [4.78, 5) is 5.83. The molecule has 1 aromatic carbocycles. The summed E-state index contributed by atoms with van der Waals surface area (Å²) in [6.45, 7) is 6.44. The summed E-state index contributed by atoms with van der Waals surface area (Å²) < 4.78 is 0. The van der Waals surface area contributed by atoms with Crippen LogP contribution in [0.5, 0.6) is 0 Å². The van der Waals surface area contributed by atoms with Crippen molar-refractivity contribution in [1.29, 1.82) is 0 Å². The quantitative estimate of drug-likeness (QED) is 0.893. The summed E-state index contributed by atoms with van der Waals surface area (Å²) in [7, 11) is 1.92. The lowest BCUT2D eigenvalue weighted by Gasteiger charge is -2.07. The average Bonchev–Trinajstić information content (AvgIpc) is 2.66. The molecule has 2 aromatic rings. The zero-order valence-electron chi connectivity index (χ0n) is 10.8. The van der Waals surface area contributed by atoms with E-state index in [1.165, 1.54) is 21.6 Å². The largest absolute Gasteiger partial charge is 0.365 e. The van der Waals surface area contributed by atoms with Crippen LogP contribution in [0.25, 0.3) is 0 Å². The van der Waals surface area contributed by atoms with Crippen molar-refractivity contribution in [2.45, 2.75) is 27.2 Å². The molecule has 0 saturated carbocycles. The summed E-state index contributed by atoms with van der Waals surface area (Å²) in [6, 6.07) is 6.50. The SMILES string of the molecule is CNc1nc(C)c(Cc2cccc(C)c2C)s1. The Balaban J connectivity index is 2.31. The summed E-state index contributed by atoms with van der Waals surface area (Å²) in [6.07, 6.45) is 0.985. The third kappa shape index (κ3) is 2.50. The van der Waals surface area contributed by atoms with Gasteiger partial charge in [0.15, 0.2) is 5.13 Å². The second-order valence-corrected chi connectivity index (χ2v) is 5.40. The lowest BCUT2D eigenvalue weighted by Crippen LogP contribution is -1.93. The number of hydrogen-bond acceptors (Lipinski definition) is 3. The van der Waals surface area contributed by atoms with Crippen molar-refractivity contribution < 1.29 is 0 Å². The second kappa shape index (κ2) is 4.88. The molecule has 0 radical (unpaired) electrons. The fraction of sp³-hybridized carbons (Fsp3) is 0.357. The van der Waals surface area contributed by atoms with E-state index >= 15 is 0 Å². The zero-order valence-corrected chi connectivity index (χ0v) is 11.6.